The molecule has 2 N–H and O–H groups in total. The lowest BCUT2D eigenvalue weighted by atomic mass is 9.34. The maximum Gasteiger partial charge on any atom is 0.336 e. The Balaban J connectivity index is 1.60. The van der Waals surface area contributed by atoms with Gasteiger partial charge in [0.25, 0.3) is 0 Å². The van der Waals surface area contributed by atoms with Crippen LogP contribution in [0.2, 0.25) is 0 Å². The Labute approximate surface area is 175 Å². The number of allylic oxidation sites excluding steroid dienone is 1. The maximum absolute atomic E-state index is 12.3. The lowest BCUT2D eigenvalue weighted by Crippen LogP contribution is -2.66. The molecule has 0 spiro atoms. The lowest BCUT2D eigenvalue weighted by molar-refractivity contribution is -0.247. The molecule has 162 valence electrons. The van der Waals surface area contributed by atoms with E-state index in [4.69, 9.17) is 4.74 Å². The first kappa shape index (κ1) is 20.1. The van der Waals surface area contributed by atoms with Gasteiger partial charge in [0.05, 0.1) is 12.0 Å². The van der Waals surface area contributed by atoms with E-state index in [0.717, 1.165) is 12.8 Å². The summed E-state index contributed by atoms with van der Waals surface area (Å²) in [6, 6.07) is 0. The molecule has 0 bridgehead atoms. The summed E-state index contributed by atoms with van der Waals surface area (Å²) in [7, 11) is 0. The van der Waals surface area contributed by atoms with Crippen molar-refractivity contribution < 1.29 is 19.7 Å². The number of ether oxygens (including phenoxy) is 1. The van der Waals surface area contributed by atoms with Gasteiger partial charge >= 0.3 is 5.97 Å². The highest BCUT2D eigenvalue weighted by Crippen LogP contribution is 2.73. The number of aliphatic hydroxyl groups excluding tert-OH is 2. The lowest BCUT2D eigenvalue weighted by Gasteiger charge is -2.70. The van der Waals surface area contributed by atoms with E-state index in [0.29, 0.717) is 22.8 Å². The quantitative estimate of drug-likeness (QED) is 0.588. The number of fused-ring (bicyclic) bond motifs is 7. The zero-order valence-electron chi connectivity index (χ0n) is 18.7. The molecule has 3 saturated carbocycles. The van der Waals surface area contributed by atoms with Crippen molar-refractivity contribution >= 4 is 5.97 Å². The predicted octanol–water partition coefficient (Wildman–Crippen LogP) is 4.44. The van der Waals surface area contributed by atoms with Gasteiger partial charge in [-0.2, -0.15) is 0 Å². The van der Waals surface area contributed by atoms with Crippen molar-refractivity contribution in [3.8, 4) is 0 Å². The standard InChI is InChI=1S/C25H38O4/c1-22(2)10-6-11-23(3)15(22)9-12-24(4)16-8-7-14-19(21(28)29-20(14)27)25(16,5)18(26)13-17(23)24/h7,15-19,21,26,28H,6,8-13H2,1-5H3/t15-,16-,17+,18+,19+,21+,23-,24-,25+/m0/s1. The molecule has 0 amide bonds. The first-order valence-corrected chi connectivity index (χ1v) is 11.7. The van der Waals surface area contributed by atoms with Crippen molar-refractivity contribution in [3.63, 3.8) is 0 Å². The van der Waals surface area contributed by atoms with Crippen molar-refractivity contribution in [3.05, 3.63) is 11.6 Å². The highest BCUT2D eigenvalue weighted by Gasteiger charge is 2.70. The fourth-order valence-corrected chi connectivity index (χ4v) is 9.63. The number of carbonyl (C=O) groups is 1. The van der Waals surface area contributed by atoms with Gasteiger partial charge < -0.3 is 14.9 Å². The number of cyclic esters (lactones) is 1. The topological polar surface area (TPSA) is 66.8 Å². The molecule has 1 aliphatic heterocycles. The molecule has 0 unspecified atom stereocenters. The smallest absolute Gasteiger partial charge is 0.336 e. The average molecular weight is 403 g/mol. The summed E-state index contributed by atoms with van der Waals surface area (Å²) >= 11 is 0. The third kappa shape index (κ3) is 2.31. The van der Waals surface area contributed by atoms with Crippen LogP contribution < -0.4 is 0 Å². The summed E-state index contributed by atoms with van der Waals surface area (Å²) in [6.07, 6.45) is 8.21. The summed E-state index contributed by atoms with van der Waals surface area (Å²) in [6.45, 7) is 12.0. The molecule has 4 nitrogen and oxygen atoms in total. The zero-order chi connectivity index (χ0) is 21.0. The Bertz CT molecular complexity index is 771. The SMILES string of the molecule is CC1(C)CCC[C@]2(C)[C@H]3C[C@@H](O)[C@]4(C)[C@@H]5C(=CC[C@H]4[C@]3(C)CC[C@@H]12)C(=O)O[C@H]5O. The molecule has 5 rings (SSSR count). The Morgan fingerprint density at radius 2 is 1.66 bits per heavy atom. The van der Waals surface area contributed by atoms with Crippen molar-refractivity contribution in [1.29, 1.82) is 0 Å². The van der Waals surface area contributed by atoms with Crippen LogP contribution in [-0.2, 0) is 9.53 Å². The Morgan fingerprint density at radius 3 is 2.38 bits per heavy atom. The summed E-state index contributed by atoms with van der Waals surface area (Å²) < 4.78 is 5.21. The fourth-order valence-electron chi connectivity index (χ4n) is 9.63. The molecule has 4 heteroatoms. The third-order valence-electron chi connectivity index (χ3n) is 10.9. The van der Waals surface area contributed by atoms with Crippen molar-refractivity contribution in [1.82, 2.24) is 0 Å². The zero-order valence-corrected chi connectivity index (χ0v) is 18.7. The van der Waals surface area contributed by atoms with E-state index in [2.05, 4.69) is 34.6 Å². The van der Waals surface area contributed by atoms with Gasteiger partial charge in [-0.25, -0.2) is 4.79 Å². The maximum atomic E-state index is 12.3. The van der Waals surface area contributed by atoms with Gasteiger partial charge in [-0.1, -0.05) is 47.1 Å². The number of hydrogen-bond donors (Lipinski definition) is 2. The van der Waals surface area contributed by atoms with Crippen LogP contribution in [0.25, 0.3) is 0 Å². The van der Waals surface area contributed by atoms with E-state index in [1.54, 1.807) is 0 Å². The first-order valence-electron chi connectivity index (χ1n) is 11.7. The minimum absolute atomic E-state index is 0.111. The van der Waals surface area contributed by atoms with E-state index in [1.165, 1.54) is 32.1 Å². The second-order valence-electron chi connectivity index (χ2n) is 12.3. The van der Waals surface area contributed by atoms with Gasteiger partial charge in [0, 0.05) is 11.0 Å². The number of hydrogen-bond acceptors (Lipinski definition) is 4. The van der Waals surface area contributed by atoms with E-state index in [-0.39, 0.29) is 16.7 Å². The minimum atomic E-state index is -1.13. The molecular weight excluding hydrogens is 364 g/mol. The molecule has 0 aromatic carbocycles. The highest BCUT2D eigenvalue weighted by atomic mass is 16.6. The molecule has 9 atom stereocenters. The van der Waals surface area contributed by atoms with Gasteiger partial charge in [0.2, 0.25) is 6.29 Å². The second kappa shape index (κ2) is 5.88. The van der Waals surface area contributed by atoms with Crippen LogP contribution >= 0.6 is 0 Å². The molecule has 29 heavy (non-hydrogen) atoms. The van der Waals surface area contributed by atoms with Gasteiger partial charge in [0.1, 0.15) is 0 Å². The monoisotopic (exact) mass is 402 g/mol. The van der Waals surface area contributed by atoms with Gasteiger partial charge in [-0.15, -0.1) is 0 Å². The first-order chi connectivity index (χ1) is 13.5. The van der Waals surface area contributed by atoms with E-state index in [9.17, 15) is 15.0 Å². The van der Waals surface area contributed by atoms with Crippen LogP contribution in [0.15, 0.2) is 11.6 Å². The Hall–Kier alpha value is -0.870. The molecule has 4 fully saturated rings. The normalized spacial score (nSPS) is 55.7. The summed E-state index contributed by atoms with van der Waals surface area (Å²) in [5.74, 6) is 0.632. The molecule has 0 radical (unpaired) electrons. The molecular formula is C25H38O4. The molecule has 4 aliphatic carbocycles. The van der Waals surface area contributed by atoms with Crippen LogP contribution in [0.3, 0.4) is 0 Å². The van der Waals surface area contributed by atoms with Gasteiger partial charge in [0.15, 0.2) is 0 Å². The van der Waals surface area contributed by atoms with Crippen molar-refractivity contribution in [2.45, 2.75) is 92.0 Å². The Kier molecular flexibility index (Phi) is 4.07. The van der Waals surface area contributed by atoms with Crippen molar-refractivity contribution in [2.24, 2.45) is 45.3 Å². The van der Waals surface area contributed by atoms with Crippen molar-refractivity contribution in [2.75, 3.05) is 0 Å². The minimum Gasteiger partial charge on any atom is -0.432 e. The predicted molar refractivity (Wildman–Crippen MR) is 111 cm³/mol. The fraction of sp³-hybridized carbons (Fsp3) is 0.880. The van der Waals surface area contributed by atoms with Crippen LogP contribution in [-0.4, -0.2) is 28.6 Å². The number of rotatable bonds is 0. The molecule has 5 aliphatic rings. The summed E-state index contributed by atoms with van der Waals surface area (Å²) in [4.78, 5) is 12.3. The average Bonchev–Trinajstić information content (AvgIpc) is 2.91. The number of aliphatic hydroxyl groups is 2. The third-order valence-corrected chi connectivity index (χ3v) is 10.9. The van der Waals surface area contributed by atoms with E-state index >= 15 is 0 Å². The van der Waals surface area contributed by atoms with Crippen LogP contribution in [0.4, 0.5) is 0 Å². The van der Waals surface area contributed by atoms with Gasteiger partial charge in [-0.05, 0) is 72.5 Å². The highest BCUT2D eigenvalue weighted by molar-refractivity contribution is 5.91. The summed E-state index contributed by atoms with van der Waals surface area (Å²) in [5, 5.41) is 22.2. The molecule has 1 heterocycles. The van der Waals surface area contributed by atoms with Crippen LogP contribution in [0, 0.1) is 45.3 Å². The van der Waals surface area contributed by atoms with E-state index < -0.39 is 29.7 Å². The molecule has 0 aromatic heterocycles. The van der Waals surface area contributed by atoms with E-state index in [1.807, 2.05) is 6.08 Å². The van der Waals surface area contributed by atoms with Crippen LogP contribution in [0.5, 0.6) is 0 Å². The second-order valence-corrected chi connectivity index (χ2v) is 12.3. The largest absolute Gasteiger partial charge is 0.432 e. The number of esters is 1. The molecule has 0 aromatic rings. The van der Waals surface area contributed by atoms with Crippen LogP contribution in [0.1, 0.15) is 79.6 Å². The van der Waals surface area contributed by atoms with Gasteiger partial charge in [-0.3, -0.25) is 0 Å². The Morgan fingerprint density at radius 1 is 0.966 bits per heavy atom. The summed E-state index contributed by atoms with van der Waals surface area (Å²) in [5.41, 5.74) is 0.799. The number of carbonyl (C=O) groups excluding carboxylic acids is 1. The molecule has 1 saturated heterocycles.